The molecule has 0 spiro atoms. The summed E-state index contributed by atoms with van der Waals surface area (Å²) in [4.78, 5) is 34.2. The van der Waals surface area contributed by atoms with Crippen LogP contribution >= 0.6 is 0 Å². The molecule has 2 heterocycles. The number of nitrogens with zero attached hydrogens (tertiary/aromatic N) is 2. The molecule has 1 aromatic heterocycles. The first-order valence-electron chi connectivity index (χ1n) is 10.2. The zero-order chi connectivity index (χ0) is 21.7. The molecule has 0 atom stereocenters. The molecule has 0 unspecified atom stereocenters. The van der Waals surface area contributed by atoms with Crippen molar-refractivity contribution in [1.82, 2.24) is 15.3 Å². The summed E-state index contributed by atoms with van der Waals surface area (Å²) in [6, 6.07) is 6.57. The van der Waals surface area contributed by atoms with Gasteiger partial charge in [-0.05, 0) is 25.0 Å². The Labute approximate surface area is 175 Å². The molecule has 2 N–H and O–H groups in total. The number of hydrogen-bond acceptors (Lipinski definition) is 5. The molecule has 2 aromatic rings. The van der Waals surface area contributed by atoms with Gasteiger partial charge in [0.05, 0.1) is 13.2 Å². The third-order valence-corrected chi connectivity index (χ3v) is 5.45. The molecule has 1 aliphatic heterocycles. The zero-order valence-corrected chi connectivity index (χ0v) is 17.8. The van der Waals surface area contributed by atoms with Gasteiger partial charge in [-0.25, -0.2) is 9.37 Å². The van der Waals surface area contributed by atoms with Crippen LogP contribution < -0.4 is 15.8 Å². The Hall–Kier alpha value is -2.74. The number of aromatic nitrogens is 2. The molecule has 0 saturated carbocycles. The molecule has 1 amide bonds. The van der Waals surface area contributed by atoms with E-state index in [1.165, 1.54) is 6.07 Å². The van der Waals surface area contributed by atoms with Gasteiger partial charge in [0.2, 0.25) is 11.9 Å². The van der Waals surface area contributed by atoms with Crippen LogP contribution in [0, 0.1) is 12.7 Å². The molecule has 0 radical (unpaired) electrons. The molecule has 1 aliphatic rings. The maximum atomic E-state index is 14.1. The van der Waals surface area contributed by atoms with Crippen LogP contribution in [-0.2, 0) is 21.4 Å². The second-order valence-corrected chi connectivity index (χ2v) is 8.19. The number of rotatable bonds is 7. The lowest BCUT2D eigenvalue weighted by atomic mass is 9.84. The van der Waals surface area contributed by atoms with E-state index in [0.717, 1.165) is 0 Å². The van der Waals surface area contributed by atoms with Crippen molar-refractivity contribution in [3.63, 3.8) is 0 Å². The molecule has 1 saturated heterocycles. The quantitative estimate of drug-likeness (QED) is 0.722. The number of amides is 1. The Balaban J connectivity index is 1.58. The Bertz CT molecular complexity index is 952. The molecule has 3 rings (SSSR count). The highest BCUT2D eigenvalue weighted by Gasteiger charge is 2.24. The number of morpholine rings is 1. The van der Waals surface area contributed by atoms with Gasteiger partial charge in [0.15, 0.2) is 0 Å². The summed E-state index contributed by atoms with van der Waals surface area (Å²) in [5.41, 5.74) is 0.926. The molecule has 1 fully saturated rings. The van der Waals surface area contributed by atoms with Gasteiger partial charge in [0.1, 0.15) is 5.82 Å². The molecule has 1 aromatic carbocycles. The summed E-state index contributed by atoms with van der Waals surface area (Å²) in [7, 11) is 0. The van der Waals surface area contributed by atoms with Crippen molar-refractivity contribution in [3.05, 3.63) is 57.3 Å². The first-order chi connectivity index (χ1) is 14.3. The topological polar surface area (TPSA) is 87.3 Å². The number of halogens is 1. The largest absolute Gasteiger partial charge is 0.378 e. The van der Waals surface area contributed by atoms with Gasteiger partial charge in [-0.2, -0.15) is 0 Å². The van der Waals surface area contributed by atoms with Crippen LogP contribution in [0.3, 0.4) is 0 Å². The number of H-pyrrole nitrogens is 1. The Kier molecular flexibility index (Phi) is 6.87. The predicted molar refractivity (Wildman–Crippen MR) is 113 cm³/mol. The van der Waals surface area contributed by atoms with Gasteiger partial charge in [-0.1, -0.05) is 32.0 Å². The average Bonchev–Trinajstić information content (AvgIpc) is 2.72. The van der Waals surface area contributed by atoms with Crippen molar-refractivity contribution in [2.45, 2.75) is 39.0 Å². The molecule has 8 heteroatoms. The number of benzene rings is 1. The lowest BCUT2D eigenvalue weighted by Gasteiger charge is -2.27. The smallest absolute Gasteiger partial charge is 0.255 e. The van der Waals surface area contributed by atoms with Gasteiger partial charge in [0, 0.05) is 42.7 Å². The third-order valence-electron chi connectivity index (χ3n) is 5.45. The minimum absolute atomic E-state index is 0.163. The van der Waals surface area contributed by atoms with Crippen molar-refractivity contribution in [2.75, 3.05) is 37.7 Å². The number of ether oxygens (including phenoxy) is 1. The first-order valence-corrected chi connectivity index (χ1v) is 10.2. The average molecular weight is 416 g/mol. The van der Waals surface area contributed by atoms with Crippen molar-refractivity contribution < 1.29 is 13.9 Å². The summed E-state index contributed by atoms with van der Waals surface area (Å²) in [5.74, 6) is 0.0708. The van der Waals surface area contributed by atoms with Crippen molar-refractivity contribution >= 4 is 11.9 Å². The molecular formula is C22H29FN4O3. The number of aromatic amines is 1. The van der Waals surface area contributed by atoms with E-state index in [-0.39, 0.29) is 23.7 Å². The van der Waals surface area contributed by atoms with Gasteiger partial charge >= 0.3 is 0 Å². The predicted octanol–water partition coefficient (Wildman–Crippen LogP) is 2.08. The number of hydrogen-bond donors (Lipinski definition) is 2. The fourth-order valence-electron chi connectivity index (χ4n) is 3.57. The Morgan fingerprint density at radius 1 is 1.30 bits per heavy atom. The molecule has 0 bridgehead atoms. The van der Waals surface area contributed by atoms with E-state index in [1.807, 2.05) is 18.7 Å². The van der Waals surface area contributed by atoms with E-state index in [9.17, 15) is 14.0 Å². The first kappa shape index (κ1) is 22.0. The fraction of sp³-hybridized carbons (Fsp3) is 0.500. The van der Waals surface area contributed by atoms with Crippen LogP contribution in [0.1, 0.15) is 37.1 Å². The summed E-state index contributed by atoms with van der Waals surface area (Å²) in [6.45, 7) is 8.43. The minimum Gasteiger partial charge on any atom is -0.378 e. The SMILES string of the molecule is Cc1nc(N2CCOCC2)[nH]c(=O)c1CCC(=O)NCC(C)(C)c1ccccc1F. The minimum atomic E-state index is -0.546. The lowest BCUT2D eigenvalue weighted by molar-refractivity contribution is -0.121. The monoisotopic (exact) mass is 416 g/mol. The summed E-state index contributed by atoms with van der Waals surface area (Å²) < 4.78 is 19.4. The number of carbonyl (C=O) groups is 1. The van der Waals surface area contributed by atoms with Crippen LogP contribution in [-0.4, -0.2) is 48.7 Å². The number of anilines is 1. The molecule has 0 aliphatic carbocycles. The summed E-state index contributed by atoms with van der Waals surface area (Å²) in [6.07, 6.45) is 0.458. The highest BCUT2D eigenvalue weighted by Crippen LogP contribution is 2.24. The van der Waals surface area contributed by atoms with Crippen LogP contribution in [0.4, 0.5) is 10.3 Å². The van der Waals surface area contributed by atoms with Crippen molar-refractivity contribution in [3.8, 4) is 0 Å². The second-order valence-electron chi connectivity index (χ2n) is 8.19. The molecule has 30 heavy (non-hydrogen) atoms. The fourth-order valence-corrected chi connectivity index (χ4v) is 3.57. The lowest BCUT2D eigenvalue weighted by Crippen LogP contribution is -2.39. The van der Waals surface area contributed by atoms with E-state index >= 15 is 0 Å². The third kappa shape index (κ3) is 5.24. The van der Waals surface area contributed by atoms with Crippen molar-refractivity contribution in [2.24, 2.45) is 0 Å². The van der Waals surface area contributed by atoms with E-state index < -0.39 is 5.41 Å². The van der Waals surface area contributed by atoms with Gasteiger partial charge in [0.25, 0.3) is 5.56 Å². The highest BCUT2D eigenvalue weighted by molar-refractivity contribution is 5.76. The molecule has 7 nitrogen and oxygen atoms in total. The van der Waals surface area contributed by atoms with E-state index in [4.69, 9.17) is 4.74 Å². The van der Waals surface area contributed by atoms with Gasteiger partial charge in [-0.3, -0.25) is 14.6 Å². The van der Waals surface area contributed by atoms with E-state index in [0.29, 0.717) is 62.0 Å². The normalized spacial score (nSPS) is 14.6. The standard InChI is InChI=1S/C22H29FN4O3/c1-15-16(20(29)26-21(25-15)27-10-12-30-13-11-27)8-9-19(28)24-14-22(2,3)17-6-4-5-7-18(17)23/h4-7H,8-14H2,1-3H3,(H,24,28)(H,25,26,29). The van der Waals surface area contributed by atoms with Gasteiger partial charge < -0.3 is 15.0 Å². The van der Waals surface area contributed by atoms with Crippen LogP contribution in [0.15, 0.2) is 29.1 Å². The van der Waals surface area contributed by atoms with Crippen molar-refractivity contribution in [1.29, 1.82) is 0 Å². The van der Waals surface area contributed by atoms with Crippen LogP contribution in [0.5, 0.6) is 0 Å². The highest BCUT2D eigenvalue weighted by atomic mass is 19.1. The Morgan fingerprint density at radius 3 is 2.67 bits per heavy atom. The maximum Gasteiger partial charge on any atom is 0.255 e. The number of carbonyl (C=O) groups excluding carboxylic acids is 1. The molecule has 162 valence electrons. The number of nitrogens with one attached hydrogen (secondary N) is 2. The second kappa shape index (κ2) is 9.38. The summed E-state index contributed by atoms with van der Waals surface area (Å²) in [5, 5.41) is 2.86. The van der Waals surface area contributed by atoms with E-state index in [2.05, 4.69) is 15.3 Å². The maximum absolute atomic E-state index is 14.1. The zero-order valence-electron chi connectivity index (χ0n) is 17.8. The number of aryl methyl sites for hydroxylation is 1. The van der Waals surface area contributed by atoms with Crippen LogP contribution in [0.2, 0.25) is 0 Å². The summed E-state index contributed by atoms with van der Waals surface area (Å²) >= 11 is 0. The van der Waals surface area contributed by atoms with E-state index in [1.54, 1.807) is 25.1 Å². The molecular weight excluding hydrogens is 387 g/mol. The van der Waals surface area contributed by atoms with Gasteiger partial charge in [-0.15, -0.1) is 0 Å². The Morgan fingerprint density at radius 2 is 2.00 bits per heavy atom. The van der Waals surface area contributed by atoms with Crippen LogP contribution in [0.25, 0.3) is 0 Å².